The van der Waals surface area contributed by atoms with Crippen molar-refractivity contribution in [1.29, 1.82) is 0 Å². The maximum atomic E-state index is 12.2. The minimum atomic E-state index is -0.0277. The average molecular weight is 473 g/mol. The first-order valence-corrected chi connectivity index (χ1v) is 12.1. The van der Waals surface area contributed by atoms with Crippen molar-refractivity contribution in [1.82, 2.24) is 34.6 Å². The number of hydrogen-bond acceptors (Lipinski definition) is 7. The first-order chi connectivity index (χ1) is 17.2. The Morgan fingerprint density at radius 1 is 1.09 bits per heavy atom. The lowest BCUT2D eigenvalue weighted by molar-refractivity contribution is 0.0360. The van der Waals surface area contributed by atoms with Gasteiger partial charge in [-0.15, -0.1) is 5.10 Å². The fourth-order valence-electron chi connectivity index (χ4n) is 4.21. The maximum absolute atomic E-state index is 12.2. The number of anilines is 2. The van der Waals surface area contributed by atoms with E-state index in [2.05, 4.69) is 31.9 Å². The summed E-state index contributed by atoms with van der Waals surface area (Å²) in [5.41, 5.74) is 4.20. The molecular formula is C25H28N8O2. The summed E-state index contributed by atoms with van der Waals surface area (Å²) in [6.07, 6.45) is 7.96. The van der Waals surface area contributed by atoms with Crippen molar-refractivity contribution in [2.75, 3.05) is 38.2 Å². The van der Waals surface area contributed by atoms with Crippen molar-refractivity contribution in [3.05, 3.63) is 60.6 Å². The molecule has 1 saturated carbocycles. The lowest BCUT2D eigenvalue weighted by atomic mass is 10.1. The molecule has 2 N–H and O–H groups in total. The van der Waals surface area contributed by atoms with Gasteiger partial charge in [-0.05, 0) is 49.2 Å². The molecule has 180 valence electrons. The lowest BCUT2D eigenvalue weighted by Crippen LogP contribution is -2.38. The normalized spacial score (nSPS) is 16.5. The number of morpholine rings is 1. The lowest BCUT2D eigenvalue weighted by Gasteiger charge is -2.26. The first kappa shape index (κ1) is 21.8. The van der Waals surface area contributed by atoms with E-state index in [1.165, 1.54) is 0 Å². The number of amides is 1. The third kappa shape index (κ3) is 5.03. The van der Waals surface area contributed by atoms with Crippen LogP contribution in [0.25, 0.3) is 16.8 Å². The number of rotatable bonds is 8. The smallest absolute Gasteiger partial charge is 0.251 e. The van der Waals surface area contributed by atoms with Crippen molar-refractivity contribution in [3.63, 3.8) is 0 Å². The number of ether oxygens (including phenoxy) is 1. The first-order valence-electron chi connectivity index (χ1n) is 12.1. The van der Waals surface area contributed by atoms with Crippen LogP contribution in [0.4, 0.5) is 11.6 Å². The minimum absolute atomic E-state index is 0.0277. The summed E-state index contributed by atoms with van der Waals surface area (Å²) < 4.78 is 9.16. The van der Waals surface area contributed by atoms with E-state index in [0.717, 1.165) is 74.7 Å². The third-order valence-electron chi connectivity index (χ3n) is 6.37. The van der Waals surface area contributed by atoms with Crippen LogP contribution in [0.5, 0.6) is 0 Å². The second-order valence-corrected chi connectivity index (χ2v) is 9.02. The highest BCUT2D eigenvalue weighted by Gasteiger charge is 2.23. The van der Waals surface area contributed by atoms with E-state index in [-0.39, 0.29) is 5.91 Å². The number of hydrogen-bond donors (Lipinski definition) is 2. The molecule has 10 heteroatoms. The number of carbonyl (C=O) groups excluding carboxylic acids is 1. The van der Waals surface area contributed by atoms with Crippen molar-refractivity contribution < 1.29 is 9.53 Å². The van der Waals surface area contributed by atoms with Crippen LogP contribution in [-0.4, -0.2) is 74.1 Å². The highest BCUT2D eigenvalue weighted by atomic mass is 16.5. The van der Waals surface area contributed by atoms with E-state index in [9.17, 15) is 4.79 Å². The summed E-state index contributed by atoms with van der Waals surface area (Å²) in [6, 6.07) is 11.7. The Morgan fingerprint density at radius 2 is 1.91 bits per heavy atom. The van der Waals surface area contributed by atoms with Crippen LogP contribution in [-0.2, 0) is 11.3 Å². The van der Waals surface area contributed by atoms with Crippen molar-refractivity contribution >= 4 is 23.2 Å². The molecule has 0 radical (unpaired) electrons. The second-order valence-electron chi connectivity index (χ2n) is 9.02. The van der Waals surface area contributed by atoms with Crippen LogP contribution in [0.2, 0.25) is 0 Å². The summed E-state index contributed by atoms with van der Waals surface area (Å²) in [7, 11) is 0. The number of nitrogens with one attached hydrogen (secondary N) is 2. The van der Waals surface area contributed by atoms with E-state index in [4.69, 9.17) is 9.72 Å². The van der Waals surface area contributed by atoms with E-state index in [0.29, 0.717) is 17.6 Å². The fourth-order valence-corrected chi connectivity index (χ4v) is 4.21. The zero-order valence-electron chi connectivity index (χ0n) is 19.4. The Morgan fingerprint density at radius 3 is 2.71 bits per heavy atom. The summed E-state index contributed by atoms with van der Waals surface area (Å²) in [5, 5.41) is 15.4. The molecule has 0 spiro atoms. The molecule has 35 heavy (non-hydrogen) atoms. The zero-order valence-corrected chi connectivity index (χ0v) is 19.4. The molecular weight excluding hydrogens is 444 g/mol. The van der Waals surface area contributed by atoms with Gasteiger partial charge in [0, 0.05) is 60.4 Å². The molecule has 1 aromatic carbocycles. The standard InChI is InChI=1S/C25H28N8O2/c34-24(27-20-7-8-20)18-3-5-21(6-4-18)28-25-29-23-22(2-1-9-33(23)30-25)19-16-26-32(17-19)11-10-31-12-14-35-15-13-31/h1-6,9,16-17,20H,7-8,10-15H2,(H,27,34)(H,28,30). The number of benzene rings is 1. The van der Waals surface area contributed by atoms with Crippen LogP contribution >= 0.6 is 0 Å². The number of carbonyl (C=O) groups is 1. The summed E-state index contributed by atoms with van der Waals surface area (Å²) >= 11 is 0. The van der Waals surface area contributed by atoms with Gasteiger partial charge in [0.25, 0.3) is 5.91 Å². The van der Waals surface area contributed by atoms with Crippen LogP contribution in [0.3, 0.4) is 0 Å². The molecule has 1 amide bonds. The largest absolute Gasteiger partial charge is 0.379 e. The van der Waals surface area contributed by atoms with Crippen molar-refractivity contribution in [2.24, 2.45) is 0 Å². The van der Waals surface area contributed by atoms with Gasteiger partial charge in [-0.2, -0.15) is 10.1 Å². The highest BCUT2D eigenvalue weighted by Crippen LogP contribution is 2.25. The van der Waals surface area contributed by atoms with Gasteiger partial charge < -0.3 is 15.4 Å². The quantitative estimate of drug-likeness (QED) is 0.406. The van der Waals surface area contributed by atoms with Crippen LogP contribution in [0, 0.1) is 0 Å². The Kier molecular flexibility index (Phi) is 5.89. The Balaban J connectivity index is 1.15. The molecule has 2 aliphatic rings. The van der Waals surface area contributed by atoms with Gasteiger partial charge in [0.15, 0.2) is 5.65 Å². The molecule has 4 aromatic rings. The summed E-state index contributed by atoms with van der Waals surface area (Å²) in [5.74, 6) is 0.465. The predicted octanol–water partition coefficient (Wildman–Crippen LogP) is 2.56. The zero-order chi connectivity index (χ0) is 23.6. The average Bonchev–Trinajstić information content (AvgIpc) is 3.41. The van der Waals surface area contributed by atoms with Crippen molar-refractivity contribution in [2.45, 2.75) is 25.4 Å². The highest BCUT2D eigenvalue weighted by molar-refractivity contribution is 5.95. The van der Waals surface area contributed by atoms with Gasteiger partial charge in [-0.1, -0.05) is 0 Å². The van der Waals surface area contributed by atoms with Crippen LogP contribution in [0.1, 0.15) is 23.2 Å². The molecule has 0 unspecified atom stereocenters. The van der Waals surface area contributed by atoms with Gasteiger partial charge in [-0.25, -0.2) is 4.52 Å². The fraction of sp³-hybridized carbons (Fsp3) is 0.360. The Bertz CT molecular complexity index is 1320. The molecule has 1 aliphatic heterocycles. The number of fused-ring (bicyclic) bond motifs is 1. The van der Waals surface area contributed by atoms with Gasteiger partial charge in [0.1, 0.15) is 0 Å². The van der Waals surface area contributed by atoms with E-state index in [1.807, 2.05) is 53.5 Å². The van der Waals surface area contributed by atoms with Crippen molar-refractivity contribution in [3.8, 4) is 11.1 Å². The summed E-state index contributed by atoms with van der Waals surface area (Å²) in [6.45, 7) is 5.33. The van der Waals surface area contributed by atoms with Gasteiger partial charge >= 0.3 is 0 Å². The number of pyridine rings is 1. The minimum Gasteiger partial charge on any atom is -0.379 e. The Labute approximate surface area is 202 Å². The Hall–Kier alpha value is -3.76. The van der Waals surface area contributed by atoms with E-state index in [1.54, 1.807) is 4.52 Å². The van der Waals surface area contributed by atoms with E-state index >= 15 is 0 Å². The predicted molar refractivity (Wildman–Crippen MR) is 132 cm³/mol. The molecule has 3 aromatic heterocycles. The molecule has 4 heterocycles. The molecule has 0 bridgehead atoms. The molecule has 2 fully saturated rings. The van der Waals surface area contributed by atoms with Gasteiger partial charge in [0.2, 0.25) is 5.95 Å². The molecule has 1 aliphatic carbocycles. The number of nitrogens with zero attached hydrogens (tertiary/aromatic N) is 6. The summed E-state index contributed by atoms with van der Waals surface area (Å²) in [4.78, 5) is 19.3. The van der Waals surface area contributed by atoms with Crippen LogP contribution < -0.4 is 10.6 Å². The third-order valence-corrected chi connectivity index (χ3v) is 6.37. The monoisotopic (exact) mass is 472 g/mol. The van der Waals surface area contributed by atoms with E-state index < -0.39 is 0 Å². The number of aromatic nitrogens is 5. The molecule has 1 saturated heterocycles. The molecule has 6 rings (SSSR count). The molecule has 10 nitrogen and oxygen atoms in total. The SMILES string of the molecule is O=C(NC1CC1)c1ccc(Nc2nc3c(-c4cnn(CCN5CCOCC5)c4)cccn3n2)cc1. The van der Waals surface area contributed by atoms with Crippen LogP contribution in [0.15, 0.2) is 55.0 Å². The van der Waals surface area contributed by atoms with Gasteiger partial charge in [0.05, 0.1) is 26.0 Å². The van der Waals surface area contributed by atoms with Gasteiger partial charge in [-0.3, -0.25) is 14.4 Å². The second kappa shape index (κ2) is 9.47. The molecule has 0 atom stereocenters. The maximum Gasteiger partial charge on any atom is 0.251 e. The topological polar surface area (TPSA) is 102 Å².